The van der Waals surface area contributed by atoms with Crippen molar-refractivity contribution in [3.05, 3.63) is 47.0 Å². The summed E-state index contributed by atoms with van der Waals surface area (Å²) >= 11 is 6.17. The van der Waals surface area contributed by atoms with Gasteiger partial charge in [-0.2, -0.15) is 10.2 Å². The number of hydrogen-bond acceptors (Lipinski definition) is 6. The zero-order chi connectivity index (χ0) is 21.6. The lowest BCUT2D eigenvalue weighted by molar-refractivity contribution is 0.0981. The van der Waals surface area contributed by atoms with E-state index >= 15 is 0 Å². The summed E-state index contributed by atoms with van der Waals surface area (Å²) in [5, 5.41) is 9.40. The third-order valence-corrected chi connectivity index (χ3v) is 7.68. The SMILES string of the molecule is Cc1nn(C)cc1S(=O)(=O)NC(=O)c1ccc(-n2ccc([Si](C)(C)C)n2)nc1Cl. The number of hydrogen-bond donors (Lipinski definition) is 1. The van der Waals surface area contributed by atoms with Crippen LogP contribution in [0.2, 0.25) is 24.8 Å². The summed E-state index contributed by atoms with van der Waals surface area (Å²) in [6.07, 6.45) is 3.10. The Bertz CT molecular complexity index is 1200. The molecular weight excluding hydrogens is 432 g/mol. The molecule has 1 N–H and O–H groups in total. The Morgan fingerprint density at radius 3 is 2.38 bits per heavy atom. The number of pyridine rings is 1. The highest BCUT2D eigenvalue weighted by molar-refractivity contribution is 7.90. The summed E-state index contributed by atoms with van der Waals surface area (Å²) in [7, 11) is -4.08. The maximum absolute atomic E-state index is 12.5. The fourth-order valence-electron chi connectivity index (χ4n) is 2.65. The van der Waals surface area contributed by atoms with Gasteiger partial charge in [0, 0.05) is 24.8 Å². The number of halogens is 1. The van der Waals surface area contributed by atoms with Crippen LogP contribution < -0.4 is 10.0 Å². The molecule has 0 aliphatic heterocycles. The number of rotatable bonds is 5. The number of nitrogens with zero attached hydrogens (tertiary/aromatic N) is 5. The number of nitrogens with one attached hydrogen (secondary N) is 1. The van der Waals surface area contributed by atoms with Crippen LogP contribution in [-0.4, -0.2) is 46.9 Å². The Morgan fingerprint density at radius 2 is 1.86 bits per heavy atom. The van der Waals surface area contributed by atoms with Gasteiger partial charge in [0.15, 0.2) is 5.82 Å². The van der Waals surface area contributed by atoms with Gasteiger partial charge in [0.25, 0.3) is 15.9 Å². The predicted molar refractivity (Wildman–Crippen MR) is 112 cm³/mol. The number of sulfonamides is 1. The van der Waals surface area contributed by atoms with E-state index in [4.69, 9.17) is 11.6 Å². The normalized spacial score (nSPS) is 12.2. The molecule has 0 saturated carbocycles. The van der Waals surface area contributed by atoms with Crippen molar-refractivity contribution in [2.45, 2.75) is 31.5 Å². The highest BCUT2D eigenvalue weighted by Crippen LogP contribution is 2.18. The maximum atomic E-state index is 12.5. The molecular formula is C17H21ClN6O3SSi. The molecule has 0 unspecified atom stereocenters. The molecule has 0 fully saturated rings. The molecule has 0 bridgehead atoms. The van der Waals surface area contributed by atoms with Gasteiger partial charge in [0.2, 0.25) is 0 Å². The van der Waals surface area contributed by atoms with Gasteiger partial charge in [0.05, 0.1) is 11.3 Å². The van der Waals surface area contributed by atoms with E-state index < -0.39 is 24.0 Å². The smallest absolute Gasteiger partial charge is 0.268 e. The quantitative estimate of drug-likeness (QED) is 0.465. The van der Waals surface area contributed by atoms with Gasteiger partial charge in [-0.1, -0.05) is 31.2 Å². The molecule has 0 aliphatic rings. The van der Waals surface area contributed by atoms with Gasteiger partial charge in [-0.05, 0) is 25.1 Å². The molecule has 0 aromatic carbocycles. The molecule has 1 amide bonds. The summed E-state index contributed by atoms with van der Waals surface area (Å²) in [4.78, 5) is 16.6. The van der Waals surface area contributed by atoms with Crippen LogP contribution in [0.4, 0.5) is 0 Å². The van der Waals surface area contributed by atoms with Crippen molar-refractivity contribution >= 4 is 40.9 Å². The second-order valence-corrected chi connectivity index (χ2v) is 14.6. The van der Waals surface area contributed by atoms with E-state index in [-0.39, 0.29) is 21.3 Å². The second-order valence-electron chi connectivity index (χ2n) is 7.59. The zero-order valence-electron chi connectivity index (χ0n) is 16.6. The first-order valence-corrected chi connectivity index (χ1v) is 14.0. The number of amides is 1. The van der Waals surface area contributed by atoms with Crippen LogP contribution in [-0.2, 0) is 17.1 Å². The van der Waals surface area contributed by atoms with Gasteiger partial charge in [-0.3, -0.25) is 9.48 Å². The molecule has 12 heteroatoms. The van der Waals surface area contributed by atoms with Crippen molar-refractivity contribution < 1.29 is 13.2 Å². The van der Waals surface area contributed by atoms with Gasteiger partial charge in [-0.15, -0.1) is 0 Å². The summed E-state index contributed by atoms with van der Waals surface area (Å²) in [5.41, 5.74) is 0.224. The van der Waals surface area contributed by atoms with E-state index in [0.717, 1.165) is 5.32 Å². The molecule has 3 heterocycles. The molecule has 9 nitrogen and oxygen atoms in total. The lowest BCUT2D eigenvalue weighted by atomic mass is 10.3. The van der Waals surface area contributed by atoms with E-state index in [2.05, 4.69) is 34.8 Å². The average Bonchev–Trinajstić information content (AvgIpc) is 3.20. The number of aromatic nitrogens is 5. The predicted octanol–water partition coefficient (Wildman–Crippen LogP) is 1.63. The van der Waals surface area contributed by atoms with E-state index in [9.17, 15) is 13.2 Å². The molecule has 3 rings (SSSR count). The van der Waals surface area contributed by atoms with Gasteiger partial charge in [-0.25, -0.2) is 22.8 Å². The van der Waals surface area contributed by atoms with Crippen LogP contribution in [0.3, 0.4) is 0 Å². The van der Waals surface area contributed by atoms with Crippen molar-refractivity contribution in [1.82, 2.24) is 29.3 Å². The fourth-order valence-corrected chi connectivity index (χ4v) is 5.05. The van der Waals surface area contributed by atoms with Crippen molar-refractivity contribution in [3.8, 4) is 5.82 Å². The van der Waals surface area contributed by atoms with Gasteiger partial charge < -0.3 is 0 Å². The fraction of sp³-hybridized carbons (Fsp3) is 0.294. The molecule has 0 saturated heterocycles. The molecule has 0 spiro atoms. The van der Waals surface area contributed by atoms with Crippen molar-refractivity contribution in [3.63, 3.8) is 0 Å². The molecule has 29 heavy (non-hydrogen) atoms. The standard InChI is InChI=1S/C17H21ClN6O3SSi/c1-11-13(10-23(2)20-11)28(26,27)22-17(25)12-6-7-14(19-16(12)18)24-9-8-15(21-24)29(3,4)5/h6-10H,1-5H3,(H,22,25). The van der Waals surface area contributed by atoms with E-state index in [1.165, 1.54) is 16.9 Å². The number of aryl methyl sites for hydroxylation is 2. The van der Waals surface area contributed by atoms with E-state index in [1.807, 2.05) is 10.8 Å². The average molecular weight is 453 g/mol. The topological polar surface area (TPSA) is 112 Å². The summed E-state index contributed by atoms with van der Waals surface area (Å²) in [6, 6.07) is 4.91. The Balaban J connectivity index is 1.86. The maximum Gasteiger partial charge on any atom is 0.268 e. The van der Waals surface area contributed by atoms with Crippen LogP contribution in [0, 0.1) is 6.92 Å². The minimum absolute atomic E-state index is 0.0573. The summed E-state index contributed by atoms with van der Waals surface area (Å²) < 4.78 is 29.9. The first kappa shape index (κ1) is 21.2. The third kappa shape index (κ3) is 4.41. The Hall–Kier alpha value is -2.50. The van der Waals surface area contributed by atoms with Gasteiger partial charge >= 0.3 is 0 Å². The summed E-state index contributed by atoms with van der Waals surface area (Å²) in [6.45, 7) is 8.08. The van der Waals surface area contributed by atoms with Crippen LogP contribution in [0.15, 0.2) is 35.5 Å². The Labute approximate surface area is 174 Å². The molecule has 0 atom stereocenters. The zero-order valence-corrected chi connectivity index (χ0v) is 19.2. The van der Waals surface area contributed by atoms with Crippen molar-refractivity contribution in [1.29, 1.82) is 0 Å². The molecule has 0 radical (unpaired) electrons. The van der Waals surface area contributed by atoms with Crippen LogP contribution in [0.1, 0.15) is 16.1 Å². The molecule has 3 aromatic heterocycles. The minimum atomic E-state index is -4.09. The third-order valence-electron chi connectivity index (χ3n) is 4.16. The lowest BCUT2D eigenvalue weighted by Gasteiger charge is -2.11. The molecule has 3 aromatic rings. The van der Waals surface area contributed by atoms with Gasteiger partial charge in [0.1, 0.15) is 18.1 Å². The van der Waals surface area contributed by atoms with E-state index in [1.54, 1.807) is 30.9 Å². The minimum Gasteiger partial charge on any atom is -0.274 e. The molecule has 154 valence electrons. The lowest BCUT2D eigenvalue weighted by Crippen LogP contribution is -2.39. The first-order chi connectivity index (χ1) is 13.4. The van der Waals surface area contributed by atoms with Crippen molar-refractivity contribution in [2.24, 2.45) is 7.05 Å². The van der Waals surface area contributed by atoms with Crippen LogP contribution >= 0.6 is 11.6 Å². The number of carbonyl (C=O) groups excluding carboxylic acids is 1. The van der Waals surface area contributed by atoms with Crippen molar-refractivity contribution in [2.75, 3.05) is 0 Å². The largest absolute Gasteiger partial charge is 0.274 e. The first-order valence-electron chi connectivity index (χ1n) is 8.69. The highest BCUT2D eigenvalue weighted by atomic mass is 35.5. The molecule has 0 aliphatic carbocycles. The monoisotopic (exact) mass is 452 g/mol. The second kappa shape index (κ2) is 7.39. The van der Waals surface area contributed by atoms with Crippen LogP contribution in [0.25, 0.3) is 5.82 Å². The Kier molecular flexibility index (Phi) is 5.41. The Morgan fingerprint density at radius 1 is 1.17 bits per heavy atom. The van der Waals surface area contributed by atoms with Crippen LogP contribution in [0.5, 0.6) is 0 Å². The number of carbonyl (C=O) groups is 1. The van der Waals surface area contributed by atoms with E-state index in [0.29, 0.717) is 5.82 Å². The summed E-state index contributed by atoms with van der Waals surface area (Å²) in [5.74, 6) is -0.442. The highest BCUT2D eigenvalue weighted by Gasteiger charge is 2.25.